The molecule has 1 aromatic heterocycles. The molecule has 26 heavy (non-hydrogen) atoms. The van der Waals surface area contributed by atoms with Crippen molar-refractivity contribution < 1.29 is 9.34 Å². The second-order valence-electron chi connectivity index (χ2n) is 6.03. The maximum absolute atomic E-state index is 11.1. The van der Waals surface area contributed by atoms with Crippen molar-refractivity contribution in [2.24, 2.45) is 0 Å². The minimum absolute atomic E-state index is 0.0358. The van der Waals surface area contributed by atoms with Crippen molar-refractivity contribution in [2.75, 3.05) is 0 Å². The van der Waals surface area contributed by atoms with Gasteiger partial charge in [0.15, 0.2) is 5.58 Å². The van der Waals surface area contributed by atoms with Crippen molar-refractivity contribution in [1.29, 1.82) is 0 Å². The molecular formula is C21H16N2O3. The number of nitro benzene ring substituents is 1. The number of hydrogen-bond acceptors (Lipinski definition) is 4. The molecule has 0 aliphatic carbocycles. The molecule has 3 aromatic carbocycles. The fourth-order valence-corrected chi connectivity index (χ4v) is 3.01. The van der Waals surface area contributed by atoms with Gasteiger partial charge in [-0.25, -0.2) is 4.98 Å². The molecule has 0 saturated carbocycles. The number of non-ortho nitro benzene ring substituents is 1. The summed E-state index contributed by atoms with van der Waals surface area (Å²) >= 11 is 0. The van der Waals surface area contributed by atoms with Crippen molar-refractivity contribution in [3.63, 3.8) is 0 Å². The fourth-order valence-electron chi connectivity index (χ4n) is 3.01. The van der Waals surface area contributed by atoms with E-state index in [1.54, 1.807) is 6.07 Å². The molecule has 4 rings (SSSR count). The van der Waals surface area contributed by atoms with Gasteiger partial charge in [0.25, 0.3) is 5.69 Å². The Morgan fingerprint density at radius 2 is 1.62 bits per heavy atom. The number of aromatic nitrogens is 1. The molecule has 0 amide bonds. The van der Waals surface area contributed by atoms with E-state index in [-0.39, 0.29) is 5.69 Å². The smallest absolute Gasteiger partial charge is 0.272 e. The number of rotatable bonds is 4. The van der Waals surface area contributed by atoms with Gasteiger partial charge in [-0.05, 0) is 29.7 Å². The molecule has 0 N–H and O–H groups in total. The molecular weight excluding hydrogens is 328 g/mol. The standard InChI is InChI=1S/C21H16N2O3/c1-2-14-12-18(23(24)25)13-19-20(14)26-21(22-19)17-10-8-16(9-11-17)15-6-4-3-5-7-15/h3-13H,2H2,1H3. The van der Waals surface area contributed by atoms with E-state index in [1.807, 2.05) is 49.4 Å². The Balaban J connectivity index is 1.76. The summed E-state index contributed by atoms with van der Waals surface area (Å²) in [4.78, 5) is 15.2. The second kappa shape index (κ2) is 6.44. The van der Waals surface area contributed by atoms with Crippen molar-refractivity contribution in [3.05, 3.63) is 82.4 Å². The monoisotopic (exact) mass is 344 g/mol. The summed E-state index contributed by atoms with van der Waals surface area (Å²) < 4.78 is 5.92. The third kappa shape index (κ3) is 2.84. The molecule has 0 spiro atoms. The molecule has 1 heterocycles. The molecule has 4 aromatic rings. The lowest BCUT2D eigenvalue weighted by molar-refractivity contribution is -0.384. The predicted octanol–water partition coefficient (Wildman–Crippen LogP) is 5.63. The van der Waals surface area contributed by atoms with E-state index in [4.69, 9.17) is 4.42 Å². The maximum atomic E-state index is 11.1. The zero-order valence-electron chi connectivity index (χ0n) is 14.2. The third-order valence-corrected chi connectivity index (χ3v) is 4.38. The van der Waals surface area contributed by atoms with Gasteiger partial charge in [0, 0.05) is 23.3 Å². The summed E-state index contributed by atoms with van der Waals surface area (Å²) in [6.45, 7) is 1.94. The first-order valence-electron chi connectivity index (χ1n) is 8.39. The molecule has 5 heteroatoms. The number of hydrogen-bond donors (Lipinski definition) is 0. The van der Waals surface area contributed by atoms with Gasteiger partial charge in [-0.15, -0.1) is 0 Å². The highest BCUT2D eigenvalue weighted by Crippen LogP contribution is 2.31. The average Bonchev–Trinajstić information content (AvgIpc) is 3.12. The summed E-state index contributed by atoms with van der Waals surface area (Å²) in [5.74, 6) is 0.467. The van der Waals surface area contributed by atoms with Crippen LogP contribution in [0.5, 0.6) is 0 Å². The highest BCUT2D eigenvalue weighted by Gasteiger charge is 2.17. The topological polar surface area (TPSA) is 69.2 Å². The molecule has 0 atom stereocenters. The zero-order chi connectivity index (χ0) is 18.1. The van der Waals surface area contributed by atoms with Gasteiger partial charge in [-0.1, -0.05) is 49.4 Å². The number of nitrogens with zero attached hydrogens (tertiary/aromatic N) is 2. The maximum Gasteiger partial charge on any atom is 0.272 e. The average molecular weight is 344 g/mol. The predicted molar refractivity (Wildman–Crippen MR) is 101 cm³/mol. The summed E-state index contributed by atoms with van der Waals surface area (Å²) in [7, 11) is 0. The highest BCUT2D eigenvalue weighted by atomic mass is 16.6. The Labute approximate surface area is 150 Å². The number of fused-ring (bicyclic) bond motifs is 1. The van der Waals surface area contributed by atoms with Gasteiger partial charge >= 0.3 is 0 Å². The molecule has 0 radical (unpaired) electrons. The first kappa shape index (κ1) is 16.0. The Morgan fingerprint density at radius 1 is 0.962 bits per heavy atom. The molecule has 5 nitrogen and oxygen atoms in total. The minimum atomic E-state index is -0.401. The Hall–Kier alpha value is -3.47. The van der Waals surface area contributed by atoms with E-state index in [9.17, 15) is 10.1 Å². The number of benzene rings is 3. The highest BCUT2D eigenvalue weighted by molar-refractivity contribution is 5.82. The van der Waals surface area contributed by atoms with Crippen molar-refractivity contribution in [1.82, 2.24) is 4.98 Å². The second-order valence-corrected chi connectivity index (χ2v) is 6.03. The van der Waals surface area contributed by atoms with Gasteiger partial charge in [0.1, 0.15) is 5.52 Å². The minimum Gasteiger partial charge on any atom is -0.436 e. The lowest BCUT2D eigenvalue weighted by Gasteiger charge is -2.02. The van der Waals surface area contributed by atoms with E-state index in [2.05, 4.69) is 17.1 Å². The van der Waals surface area contributed by atoms with Crippen LogP contribution >= 0.6 is 0 Å². The molecule has 0 fully saturated rings. The zero-order valence-corrected chi connectivity index (χ0v) is 14.2. The number of nitro groups is 1. The summed E-state index contributed by atoms with van der Waals surface area (Å²) in [5.41, 5.74) is 5.03. The van der Waals surface area contributed by atoms with Gasteiger partial charge in [0.05, 0.1) is 4.92 Å². The first-order chi connectivity index (χ1) is 12.7. The van der Waals surface area contributed by atoms with Crippen LogP contribution in [0.25, 0.3) is 33.7 Å². The lowest BCUT2D eigenvalue weighted by Crippen LogP contribution is -1.90. The van der Waals surface area contributed by atoms with E-state index in [0.717, 1.165) is 22.3 Å². The lowest BCUT2D eigenvalue weighted by atomic mass is 10.0. The fraction of sp³-hybridized carbons (Fsp3) is 0.0952. The van der Waals surface area contributed by atoms with Crippen LogP contribution in [0.3, 0.4) is 0 Å². The van der Waals surface area contributed by atoms with Crippen LogP contribution in [0.1, 0.15) is 12.5 Å². The Bertz CT molecular complexity index is 1080. The van der Waals surface area contributed by atoms with Crippen LogP contribution in [0.2, 0.25) is 0 Å². The summed E-state index contributed by atoms with van der Waals surface area (Å²) in [5, 5.41) is 11.1. The van der Waals surface area contributed by atoms with Gasteiger partial charge in [-0.3, -0.25) is 10.1 Å². The van der Waals surface area contributed by atoms with Gasteiger partial charge in [0.2, 0.25) is 5.89 Å². The van der Waals surface area contributed by atoms with Crippen LogP contribution in [-0.4, -0.2) is 9.91 Å². The van der Waals surface area contributed by atoms with Crippen molar-refractivity contribution in [2.45, 2.75) is 13.3 Å². The van der Waals surface area contributed by atoms with E-state index in [0.29, 0.717) is 23.4 Å². The molecule has 0 saturated heterocycles. The summed E-state index contributed by atoms with van der Waals surface area (Å²) in [6.07, 6.45) is 0.639. The van der Waals surface area contributed by atoms with Gasteiger partial charge in [-0.2, -0.15) is 0 Å². The molecule has 0 bridgehead atoms. The number of aryl methyl sites for hydroxylation is 1. The third-order valence-electron chi connectivity index (χ3n) is 4.38. The van der Waals surface area contributed by atoms with E-state index in [1.165, 1.54) is 6.07 Å². The van der Waals surface area contributed by atoms with Crippen molar-refractivity contribution >= 4 is 16.8 Å². The normalized spacial score (nSPS) is 11.0. The van der Waals surface area contributed by atoms with Crippen molar-refractivity contribution in [3.8, 4) is 22.6 Å². The molecule has 0 aliphatic rings. The Kier molecular flexibility index (Phi) is 3.97. The van der Waals surface area contributed by atoms with Crippen LogP contribution < -0.4 is 0 Å². The Morgan fingerprint density at radius 3 is 2.27 bits per heavy atom. The first-order valence-corrected chi connectivity index (χ1v) is 8.39. The summed E-state index contributed by atoms with van der Waals surface area (Å²) in [6, 6.07) is 21.1. The van der Waals surface area contributed by atoms with Crippen LogP contribution in [-0.2, 0) is 6.42 Å². The van der Waals surface area contributed by atoms with Crippen LogP contribution in [0, 0.1) is 10.1 Å². The number of oxazole rings is 1. The van der Waals surface area contributed by atoms with E-state index < -0.39 is 4.92 Å². The molecule has 128 valence electrons. The quantitative estimate of drug-likeness (QED) is 0.355. The largest absolute Gasteiger partial charge is 0.436 e. The molecule has 0 aliphatic heterocycles. The van der Waals surface area contributed by atoms with E-state index >= 15 is 0 Å². The molecule has 0 unspecified atom stereocenters. The van der Waals surface area contributed by atoms with Crippen LogP contribution in [0.15, 0.2) is 71.1 Å². The SMILES string of the molecule is CCc1cc([N+](=O)[O-])cc2nc(-c3ccc(-c4ccccc4)cc3)oc12. The van der Waals surface area contributed by atoms with Crippen LogP contribution in [0.4, 0.5) is 5.69 Å². The van der Waals surface area contributed by atoms with Gasteiger partial charge < -0.3 is 4.42 Å².